The monoisotopic (exact) mass is 703 g/mol. The van der Waals surface area contributed by atoms with Crippen molar-refractivity contribution in [1.82, 2.24) is 30.2 Å². The standard InChI is InChI=1S/C39H54FN7O4/c1-5-47-31(16-17-41-47)36(48)44-35(32(24-6-7-24)25-8-9-25)38(50)42-30-15-14-28(20-29(30)40)23(3)34(39(51)46-19-18-45(4)22(2)21-46)43-37(49)33(26-10-11-26)27-12-13-27/h14-17,20,22-27,32-35H,5-13,18-19,21H2,1-4H3,(H,42,50)(H,43,49)(H,44,48)/t22-,23+,34-,35+/m1/s1. The first-order chi connectivity index (χ1) is 24.5. The lowest BCUT2D eigenvalue weighted by Gasteiger charge is -2.40. The number of amides is 4. The van der Waals surface area contributed by atoms with E-state index in [1.165, 1.54) is 12.1 Å². The molecule has 12 heteroatoms. The van der Waals surface area contributed by atoms with Crippen LogP contribution < -0.4 is 16.0 Å². The van der Waals surface area contributed by atoms with Gasteiger partial charge in [0.1, 0.15) is 23.6 Å². The third-order valence-corrected chi connectivity index (χ3v) is 12.2. The van der Waals surface area contributed by atoms with E-state index in [0.29, 0.717) is 54.6 Å². The summed E-state index contributed by atoms with van der Waals surface area (Å²) in [6.45, 7) is 8.23. The summed E-state index contributed by atoms with van der Waals surface area (Å²) in [6.07, 6.45) is 9.82. The number of hydrogen-bond donors (Lipinski definition) is 3. The molecule has 1 saturated heterocycles. The smallest absolute Gasteiger partial charge is 0.270 e. The topological polar surface area (TPSA) is 129 Å². The molecule has 276 valence electrons. The van der Waals surface area contributed by atoms with Gasteiger partial charge in [0, 0.05) is 50.3 Å². The van der Waals surface area contributed by atoms with Crippen molar-refractivity contribution in [3.05, 3.63) is 47.5 Å². The van der Waals surface area contributed by atoms with Crippen molar-refractivity contribution in [2.45, 2.75) is 103 Å². The summed E-state index contributed by atoms with van der Waals surface area (Å²) in [6, 6.07) is 4.79. The van der Waals surface area contributed by atoms with Gasteiger partial charge >= 0.3 is 0 Å². The number of hydrogen-bond acceptors (Lipinski definition) is 6. The van der Waals surface area contributed by atoms with E-state index in [4.69, 9.17) is 0 Å². The molecule has 51 heavy (non-hydrogen) atoms. The quantitative estimate of drug-likeness (QED) is 0.252. The van der Waals surface area contributed by atoms with E-state index in [-0.39, 0.29) is 41.3 Å². The number of aryl methyl sites for hydroxylation is 1. The number of piperazine rings is 1. The minimum atomic E-state index is -0.845. The molecule has 4 amide bonds. The van der Waals surface area contributed by atoms with Crippen molar-refractivity contribution < 1.29 is 23.6 Å². The van der Waals surface area contributed by atoms with Crippen LogP contribution in [0.4, 0.5) is 10.1 Å². The molecule has 1 aliphatic heterocycles. The molecule has 1 aromatic carbocycles. The van der Waals surface area contributed by atoms with Crippen molar-refractivity contribution in [2.75, 3.05) is 32.0 Å². The molecule has 0 spiro atoms. The van der Waals surface area contributed by atoms with Crippen molar-refractivity contribution in [3.8, 4) is 0 Å². The lowest BCUT2D eigenvalue weighted by atomic mass is 9.88. The number of nitrogens with zero attached hydrogens (tertiary/aromatic N) is 4. The highest BCUT2D eigenvalue weighted by molar-refractivity contribution is 6.01. The Balaban J connectivity index is 1.09. The van der Waals surface area contributed by atoms with Crippen molar-refractivity contribution >= 4 is 29.3 Å². The Hall–Kier alpha value is -3.80. The molecule has 4 aliphatic carbocycles. The Morgan fingerprint density at radius 3 is 2.10 bits per heavy atom. The maximum absolute atomic E-state index is 16.0. The van der Waals surface area contributed by atoms with Gasteiger partial charge in [-0.25, -0.2) is 4.39 Å². The zero-order chi connectivity index (χ0) is 36.0. The van der Waals surface area contributed by atoms with Gasteiger partial charge in [0.25, 0.3) is 5.91 Å². The summed E-state index contributed by atoms with van der Waals surface area (Å²) < 4.78 is 17.6. The number of aromatic nitrogens is 2. The molecule has 5 aliphatic rings. The Bertz CT molecular complexity index is 1610. The van der Waals surface area contributed by atoms with E-state index in [1.54, 1.807) is 23.0 Å². The molecule has 11 nitrogen and oxygen atoms in total. The maximum Gasteiger partial charge on any atom is 0.270 e. The number of carbonyl (C=O) groups is 4. The van der Waals surface area contributed by atoms with Crippen LogP contribution in [0, 0.1) is 41.3 Å². The lowest BCUT2D eigenvalue weighted by Crippen LogP contribution is -2.58. The average Bonchev–Trinajstić information content (AvgIpc) is 3.90. The highest BCUT2D eigenvalue weighted by Gasteiger charge is 2.49. The fourth-order valence-corrected chi connectivity index (χ4v) is 8.36. The molecule has 4 atom stereocenters. The van der Waals surface area contributed by atoms with Gasteiger partial charge in [-0.2, -0.15) is 5.10 Å². The van der Waals surface area contributed by atoms with Crippen LogP contribution in [-0.2, 0) is 20.9 Å². The molecular formula is C39H54FN7O4. The van der Waals surface area contributed by atoms with E-state index < -0.39 is 29.7 Å². The second kappa shape index (κ2) is 14.7. The SMILES string of the molecule is CCn1nccc1C(=O)N[C@H](C(=O)Nc1ccc([C@H](C)[C@@H](NC(=O)C(C2CC2)C2CC2)C(=O)N2CCN(C)[C@H](C)C2)cc1F)C(C1CC1)C1CC1. The number of carbonyl (C=O) groups excluding carboxylic acids is 4. The molecule has 2 heterocycles. The van der Waals surface area contributed by atoms with Crippen molar-refractivity contribution in [1.29, 1.82) is 0 Å². The molecular weight excluding hydrogens is 649 g/mol. The number of halogens is 1. The maximum atomic E-state index is 16.0. The molecule has 0 unspecified atom stereocenters. The number of nitrogens with one attached hydrogen (secondary N) is 3. The summed E-state index contributed by atoms with van der Waals surface area (Å²) in [5.74, 6) is -0.778. The minimum absolute atomic E-state index is 0.0153. The van der Waals surface area contributed by atoms with Gasteiger partial charge in [-0.05, 0) is 126 Å². The minimum Gasteiger partial charge on any atom is -0.343 e. The summed E-state index contributed by atoms with van der Waals surface area (Å²) in [4.78, 5) is 59.3. The first-order valence-corrected chi connectivity index (χ1v) is 19.3. The second-order valence-corrected chi connectivity index (χ2v) is 16.1. The Morgan fingerprint density at radius 1 is 0.882 bits per heavy atom. The van der Waals surface area contributed by atoms with E-state index in [9.17, 15) is 19.2 Å². The van der Waals surface area contributed by atoms with Crippen LogP contribution in [0.2, 0.25) is 0 Å². The third-order valence-electron chi connectivity index (χ3n) is 12.2. The largest absolute Gasteiger partial charge is 0.343 e. The number of benzene rings is 1. The van der Waals surface area contributed by atoms with Gasteiger partial charge in [-0.1, -0.05) is 13.0 Å². The molecule has 2 aromatic rings. The average molecular weight is 704 g/mol. The highest BCUT2D eigenvalue weighted by Crippen LogP contribution is 2.51. The molecule has 7 rings (SSSR count). The second-order valence-electron chi connectivity index (χ2n) is 16.1. The van der Waals surface area contributed by atoms with Crippen LogP contribution >= 0.6 is 0 Å². The summed E-state index contributed by atoms with van der Waals surface area (Å²) in [5.41, 5.74) is 0.960. The van der Waals surface area contributed by atoms with E-state index in [2.05, 4.69) is 32.9 Å². The predicted octanol–water partition coefficient (Wildman–Crippen LogP) is 4.40. The van der Waals surface area contributed by atoms with E-state index in [1.807, 2.05) is 25.8 Å². The van der Waals surface area contributed by atoms with Gasteiger partial charge in [-0.3, -0.25) is 23.9 Å². The van der Waals surface area contributed by atoms with Gasteiger partial charge in [0.15, 0.2) is 0 Å². The van der Waals surface area contributed by atoms with E-state index in [0.717, 1.165) is 57.9 Å². The highest BCUT2D eigenvalue weighted by atomic mass is 19.1. The van der Waals surface area contributed by atoms with Gasteiger partial charge in [0.2, 0.25) is 17.7 Å². The van der Waals surface area contributed by atoms with Crippen LogP contribution in [0.25, 0.3) is 0 Å². The molecule has 0 bridgehead atoms. The normalized spacial score (nSPS) is 22.8. The number of rotatable bonds is 15. The zero-order valence-electron chi connectivity index (χ0n) is 30.4. The predicted molar refractivity (Wildman–Crippen MR) is 191 cm³/mol. The van der Waals surface area contributed by atoms with Crippen LogP contribution in [0.5, 0.6) is 0 Å². The van der Waals surface area contributed by atoms with Crippen LogP contribution in [0.1, 0.15) is 94.1 Å². The lowest BCUT2D eigenvalue weighted by molar-refractivity contribution is -0.140. The van der Waals surface area contributed by atoms with Gasteiger partial charge in [-0.15, -0.1) is 0 Å². The Kier molecular flexibility index (Phi) is 10.2. The fraction of sp³-hybridized carbons (Fsp3) is 0.667. The van der Waals surface area contributed by atoms with Crippen LogP contribution in [-0.4, -0.2) is 88.0 Å². The fourth-order valence-electron chi connectivity index (χ4n) is 8.36. The Labute approximate surface area is 300 Å². The van der Waals surface area contributed by atoms with Gasteiger partial charge < -0.3 is 25.8 Å². The molecule has 3 N–H and O–H groups in total. The number of likely N-dealkylation sites (N-methyl/N-ethyl adjacent to an activating group) is 1. The molecule has 1 aromatic heterocycles. The number of anilines is 1. The summed E-state index contributed by atoms with van der Waals surface area (Å²) in [7, 11) is 2.05. The summed E-state index contributed by atoms with van der Waals surface area (Å²) in [5, 5.41) is 13.2. The summed E-state index contributed by atoms with van der Waals surface area (Å²) >= 11 is 0. The van der Waals surface area contributed by atoms with E-state index >= 15 is 4.39 Å². The van der Waals surface area contributed by atoms with Crippen molar-refractivity contribution in [2.24, 2.45) is 35.5 Å². The third kappa shape index (κ3) is 8.00. The van der Waals surface area contributed by atoms with Gasteiger partial charge in [0.05, 0.1) is 5.69 Å². The van der Waals surface area contributed by atoms with Crippen LogP contribution in [0.3, 0.4) is 0 Å². The molecule has 5 fully saturated rings. The Morgan fingerprint density at radius 2 is 1.53 bits per heavy atom. The molecule has 0 radical (unpaired) electrons. The first kappa shape index (κ1) is 35.6. The zero-order valence-corrected chi connectivity index (χ0v) is 30.4. The molecule has 4 saturated carbocycles. The first-order valence-electron chi connectivity index (χ1n) is 19.3. The van der Waals surface area contributed by atoms with Crippen LogP contribution in [0.15, 0.2) is 30.5 Å². The van der Waals surface area contributed by atoms with Crippen molar-refractivity contribution in [3.63, 3.8) is 0 Å².